The number of rotatable bonds is 4. The second kappa shape index (κ2) is 5.19. The Balaban J connectivity index is 3.20. The summed E-state index contributed by atoms with van der Waals surface area (Å²) >= 11 is 0. The highest BCUT2D eigenvalue weighted by Gasteiger charge is 2.19. The zero-order chi connectivity index (χ0) is 13.2. The predicted octanol–water partition coefficient (Wildman–Crippen LogP) is 2.69. The van der Waals surface area contributed by atoms with Gasteiger partial charge in [-0.1, -0.05) is 13.0 Å². The van der Waals surface area contributed by atoms with Crippen molar-refractivity contribution in [2.75, 3.05) is 0 Å². The summed E-state index contributed by atoms with van der Waals surface area (Å²) in [5, 5.41) is 0. The van der Waals surface area contributed by atoms with Crippen LogP contribution in [-0.2, 0) is 10.0 Å². The molecule has 0 amide bonds. The van der Waals surface area contributed by atoms with E-state index in [9.17, 15) is 8.42 Å². The SMILES string of the molecule is CC[C@H](C)NS(=O)(=O)c1cc(C)c(C)cc1C. The number of benzene rings is 1. The summed E-state index contributed by atoms with van der Waals surface area (Å²) in [7, 11) is -3.39. The summed E-state index contributed by atoms with van der Waals surface area (Å²) in [6, 6.07) is 3.62. The molecule has 0 radical (unpaired) electrons. The lowest BCUT2D eigenvalue weighted by Crippen LogP contribution is -2.32. The maximum atomic E-state index is 12.2. The normalized spacial score (nSPS) is 13.7. The van der Waals surface area contributed by atoms with E-state index in [1.165, 1.54) is 0 Å². The van der Waals surface area contributed by atoms with Gasteiger partial charge in [0.1, 0.15) is 0 Å². The number of sulfonamides is 1. The fraction of sp³-hybridized carbons (Fsp3) is 0.538. The third-order valence-electron chi connectivity index (χ3n) is 3.05. The van der Waals surface area contributed by atoms with Gasteiger partial charge in [0.05, 0.1) is 4.90 Å². The van der Waals surface area contributed by atoms with Crippen LogP contribution in [0.2, 0.25) is 0 Å². The van der Waals surface area contributed by atoms with Crippen LogP contribution < -0.4 is 4.72 Å². The van der Waals surface area contributed by atoms with E-state index < -0.39 is 10.0 Å². The van der Waals surface area contributed by atoms with Gasteiger partial charge in [-0.2, -0.15) is 0 Å². The van der Waals surface area contributed by atoms with E-state index in [0.717, 1.165) is 23.1 Å². The van der Waals surface area contributed by atoms with Gasteiger partial charge in [0.15, 0.2) is 0 Å². The molecule has 4 heteroatoms. The molecule has 0 heterocycles. The molecule has 3 nitrogen and oxygen atoms in total. The summed E-state index contributed by atoms with van der Waals surface area (Å²) in [6.45, 7) is 9.57. The Morgan fingerprint density at radius 2 is 1.65 bits per heavy atom. The Morgan fingerprint density at radius 3 is 2.18 bits per heavy atom. The summed E-state index contributed by atoms with van der Waals surface area (Å²) in [6.07, 6.45) is 0.781. The van der Waals surface area contributed by atoms with Crippen LogP contribution in [0.5, 0.6) is 0 Å². The van der Waals surface area contributed by atoms with Crippen LogP contribution in [0.1, 0.15) is 37.0 Å². The van der Waals surface area contributed by atoms with E-state index in [1.54, 1.807) is 6.07 Å². The van der Waals surface area contributed by atoms with Gasteiger partial charge in [0.25, 0.3) is 0 Å². The van der Waals surface area contributed by atoms with Crippen molar-refractivity contribution < 1.29 is 8.42 Å². The zero-order valence-corrected chi connectivity index (χ0v) is 12.0. The third-order valence-corrected chi connectivity index (χ3v) is 4.78. The van der Waals surface area contributed by atoms with Crippen molar-refractivity contribution in [3.8, 4) is 0 Å². The molecule has 1 N–H and O–H groups in total. The van der Waals surface area contributed by atoms with Crippen LogP contribution in [0.25, 0.3) is 0 Å². The number of hydrogen-bond acceptors (Lipinski definition) is 2. The van der Waals surface area contributed by atoms with E-state index in [0.29, 0.717) is 4.90 Å². The maximum Gasteiger partial charge on any atom is 0.241 e. The quantitative estimate of drug-likeness (QED) is 0.899. The number of aryl methyl sites for hydroxylation is 3. The smallest absolute Gasteiger partial charge is 0.208 e. The molecule has 1 rings (SSSR count). The van der Waals surface area contributed by atoms with Crippen LogP contribution in [0, 0.1) is 20.8 Å². The maximum absolute atomic E-state index is 12.2. The fourth-order valence-electron chi connectivity index (χ4n) is 1.64. The number of hydrogen-bond donors (Lipinski definition) is 1. The predicted molar refractivity (Wildman–Crippen MR) is 70.7 cm³/mol. The number of nitrogens with one attached hydrogen (secondary N) is 1. The molecule has 0 unspecified atom stereocenters. The van der Waals surface area contributed by atoms with Gasteiger partial charge in [-0.3, -0.25) is 0 Å². The molecule has 0 aromatic heterocycles. The molecule has 1 atom stereocenters. The first-order valence-corrected chi connectivity index (χ1v) is 7.36. The monoisotopic (exact) mass is 255 g/mol. The third kappa shape index (κ3) is 3.30. The van der Waals surface area contributed by atoms with Gasteiger partial charge in [-0.05, 0) is 56.9 Å². The zero-order valence-electron chi connectivity index (χ0n) is 11.2. The van der Waals surface area contributed by atoms with E-state index in [1.807, 2.05) is 40.7 Å². The second-order valence-corrected chi connectivity index (χ2v) is 6.31. The minimum atomic E-state index is -3.39. The molecular formula is C13H21NO2S. The van der Waals surface area contributed by atoms with Crippen molar-refractivity contribution in [1.82, 2.24) is 4.72 Å². The molecule has 0 bridgehead atoms. The van der Waals surface area contributed by atoms with Gasteiger partial charge in [-0.25, -0.2) is 13.1 Å². The molecule has 0 saturated heterocycles. The Labute approximate surface area is 104 Å². The molecule has 1 aromatic carbocycles. The Kier molecular flexibility index (Phi) is 4.33. The lowest BCUT2D eigenvalue weighted by atomic mass is 10.1. The van der Waals surface area contributed by atoms with Gasteiger partial charge in [0.2, 0.25) is 10.0 Å². The minimum absolute atomic E-state index is 0.0407. The van der Waals surface area contributed by atoms with Crippen molar-refractivity contribution in [2.24, 2.45) is 0 Å². The fourth-order valence-corrected chi connectivity index (χ4v) is 3.27. The van der Waals surface area contributed by atoms with Gasteiger partial charge in [0, 0.05) is 6.04 Å². The molecule has 1 aromatic rings. The first-order chi connectivity index (χ1) is 7.77. The topological polar surface area (TPSA) is 46.2 Å². The average Bonchev–Trinajstić information content (AvgIpc) is 2.22. The van der Waals surface area contributed by atoms with Crippen LogP contribution >= 0.6 is 0 Å². The summed E-state index contributed by atoms with van der Waals surface area (Å²) in [5.74, 6) is 0. The van der Waals surface area contributed by atoms with E-state index in [4.69, 9.17) is 0 Å². The average molecular weight is 255 g/mol. The largest absolute Gasteiger partial charge is 0.241 e. The van der Waals surface area contributed by atoms with Gasteiger partial charge < -0.3 is 0 Å². The van der Waals surface area contributed by atoms with Crippen LogP contribution in [0.4, 0.5) is 0 Å². The van der Waals surface area contributed by atoms with Crippen molar-refractivity contribution in [1.29, 1.82) is 0 Å². The molecule has 0 aliphatic rings. The highest BCUT2D eigenvalue weighted by Crippen LogP contribution is 2.20. The van der Waals surface area contributed by atoms with Crippen LogP contribution in [0.15, 0.2) is 17.0 Å². The lowest BCUT2D eigenvalue weighted by Gasteiger charge is -2.15. The molecule has 0 fully saturated rings. The van der Waals surface area contributed by atoms with Crippen molar-refractivity contribution in [3.05, 3.63) is 28.8 Å². The van der Waals surface area contributed by atoms with Crippen molar-refractivity contribution in [3.63, 3.8) is 0 Å². The first-order valence-electron chi connectivity index (χ1n) is 5.88. The van der Waals surface area contributed by atoms with Crippen LogP contribution in [0.3, 0.4) is 0 Å². The van der Waals surface area contributed by atoms with Crippen LogP contribution in [-0.4, -0.2) is 14.5 Å². The van der Waals surface area contributed by atoms with E-state index >= 15 is 0 Å². The Hall–Kier alpha value is -0.870. The Bertz CT molecular complexity index is 506. The molecule has 96 valence electrons. The summed E-state index contributed by atoms with van der Waals surface area (Å²) in [5.41, 5.74) is 2.91. The first kappa shape index (κ1) is 14.2. The molecule has 0 aliphatic carbocycles. The lowest BCUT2D eigenvalue weighted by molar-refractivity contribution is 0.555. The van der Waals surface area contributed by atoms with E-state index in [-0.39, 0.29) is 6.04 Å². The van der Waals surface area contributed by atoms with E-state index in [2.05, 4.69) is 4.72 Å². The Morgan fingerprint density at radius 1 is 1.12 bits per heavy atom. The summed E-state index contributed by atoms with van der Waals surface area (Å²) < 4.78 is 27.0. The summed E-state index contributed by atoms with van der Waals surface area (Å²) in [4.78, 5) is 0.390. The highest BCUT2D eigenvalue weighted by atomic mass is 32.2. The molecule has 17 heavy (non-hydrogen) atoms. The standard InChI is InChI=1S/C13H21NO2S/c1-6-12(5)14-17(15,16)13-8-10(3)9(2)7-11(13)4/h7-8,12,14H,6H2,1-5H3/t12-/m0/s1. The van der Waals surface area contributed by atoms with Crippen molar-refractivity contribution in [2.45, 2.75) is 52.0 Å². The molecule has 0 spiro atoms. The molecular weight excluding hydrogens is 234 g/mol. The highest BCUT2D eigenvalue weighted by molar-refractivity contribution is 7.89. The minimum Gasteiger partial charge on any atom is -0.208 e. The van der Waals surface area contributed by atoms with Gasteiger partial charge in [-0.15, -0.1) is 0 Å². The molecule has 0 saturated carbocycles. The second-order valence-electron chi connectivity index (χ2n) is 4.63. The van der Waals surface area contributed by atoms with Crippen molar-refractivity contribution >= 4 is 10.0 Å². The van der Waals surface area contributed by atoms with Gasteiger partial charge >= 0.3 is 0 Å². The molecule has 0 aliphatic heterocycles.